The quantitative estimate of drug-likeness (QED) is 0.595. The molecule has 2 N–H and O–H groups in total. The van der Waals surface area contributed by atoms with Gasteiger partial charge in [-0.15, -0.1) is 0 Å². The highest BCUT2D eigenvalue weighted by Gasteiger charge is 2.26. The fourth-order valence-electron chi connectivity index (χ4n) is 2.82. The van der Waals surface area contributed by atoms with E-state index >= 15 is 0 Å². The number of rotatable bonds is 8. The van der Waals surface area contributed by atoms with Gasteiger partial charge in [-0.3, -0.25) is 9.36 Å². The van der Waals surface area contributed by atoms with Gasteiger partial charge in [-0.05, 0) is 23.6 Å². The molecule has 0 bridgehead atoms. The second-order valence-electron chi connectivity index (χ2n) is 6.93. The Morgan fingerprint density at radius 1 is 1.17 bits per heavy atom. The molecule has 2 atom stereocenters. The summed E-state index contributed by atoms with van der Waals surface area (Å²) in [5.41, 5.74) is 1.41. The normalized spacial score (nSPS) is 12.6. The van der Waals surface area contributed by atoms with E-state index in [-0.39, 0.29) is 18.4 Å². The van der Waals surface area contributed by atoms with Crippen LogP contribution in [0, 0.1) is 5.92 Å². The van der Waals surface area contributed by atoms with Gasteiger partial charge in [-0.2, -0.15) is 0 Å². The van der Waals surface area contributed by atoms with E-state index in [0.717, 1.165) is 12.0 Å². The van der Waals surface area contributed by atoms with Gasteiger partial charge < -0.3 is 15.4 Å². The van der Waals surface area contributed by atoms with Crippen molar-refractivity contribution >= 4 is 17.7 Å². The van der Waals surface area contributed by atoms with Crippen molar-refractivity contribution < 1.29 is 14.3 Å². The van der Waals surface area contributed by atoms with Crippen LogP contribution in [0.25, 0.3) is 5.82 Å². The zero-order chi connectivity index (χ0) is 21.3. The Morgan fingerprint density at radius 3 is 2.60 bits per heavy atom. The number of nitrogens with one attached hydrogen (secondary N) is 2. The van der Waals surface area contributed by atoms with Crippen molar-refractivity contribution in [1.29, 1.82) is 0 Å². The van der Waals surface area contributed by atoms with Crippen LogP contribution in [0.3, 0.4) is 0 Å². The second kappa shape index (κ2) is 10.2. The number of ether oxygens (including phenoxy) is 1. The molecule has 8 heteroatoms. The van der Waals surface area contributed by atoms with E-state index in [4.69, 9.17) is 4.74 Å². The smallest absolute Gasteiger partial charge is 0.408 e. The van der Waals surface area contributed by atoms with Crippen molar-refractivity contribution in [2.45, 2.75) is 32.9 Å². The van der Waals surface area contributed by atoms with Crippen molar-refractivity contribution in [3.05, 3.63) is 72.9 Å². The van der Waals surface area contributed by atoms with Crippen molar-refractivity contribution in [3.63, 3.8) is 0 Å². The van der Waals surface area contributed by atoms with Crippen molar-refractivity contribution in [2.75, 3.05) is 5.32 Å². The number of hydrogen-bond acceptors (Lipinski definition) is 5. The number of imidazole rings is 1. The molecule has 1 aromatic carbocycles. The molecule has 3 aromatic rings. The molecule has 2 aromatic heterocycles. The standard InChI is InChI=1S/C22H25N5O3/c1-3-16(2)20(26-22(29)30-14-17-7-5-4-6-8-17)21(28)25-18-9-10-19(24-13-18)27-12-11-23-15-27/h4-13,15-16,20H,3,14H2,1-2H3,(H,25,28)(H,26,29)/t16-,20-/m0/s1. The number of anilines is 1. The molecule has 0 spiro atoms. The molecule has 3 rings (SSSR count). The van der Waals surface area contributed by atoms with Crippen LogP contribution in [0.4, 0.5) is 10.5 Å². The molecule has 0 unspecified atom stereocenters. The van der Waals surface area contributed by atoms with Gasteiger partial charge in [0.1, 0.15) is 24.8 Å². The summed E-state index contributed by atoms with van der Waals surface area (Å²) in [5, 5.41) is 5.50. The molecule has 0 saturated heterocycles. The zero-order valence-electron chi connectivity index (χ0n) is 17.0. The first-order chi connectivity index (χ1) is 14.6. The SMILES string of the molecule is CC[C@H](C)[C@H](NC(=O)OCc1ccccc1)C(=O)Nc1ccc(-n2ccnc2)nc1. The van der Waals surface area contributed by atoms with Crippen LogP contribution in [0.1, 0.15) is 25.8 Å². The summed E-state index contributed by atoms with van der Waals surface area (Å²) in [4.78, 5) is 33.4. The summed E-state index contributed by atoms with van der Waals surface area (Å²) in [5.74, 6) is 0.289. The lowest BCUT2D eigenvalue weighted by molar-refractivity contribution is -0.119. The molecular formula is C22H25N5O3. The van der Waals surface area contributed by atoms with Crippen LogP contribution in [0.2, 0.25) is 0 Å². The van der Waals surface area contributed by atoms with Gasteiger partial charge in [0.25, 0.3) is 0 Å². The van der Waals surface area contributed by atoms with E-state index in [2.05, 4.69) is 20.6 Å². The lowest BCUT2D eigenvalue weighted by Crippen LogP contribution is -2.47. The van der Waals surface area contributed by atoms with Gasteiger partial charge in [0.15, 0.2) is 0 Å². The van der Waals surface area contributed by atoms with Crippen LogP contribution in [0.15, 0.2) is 67.4 Å². The molecule has 0 aliphatic rings. The third kappa shape index (κ3) is 5.66. The molecule has 156 valence electrons. The lowest BCUT2D eigenvalue weighted by Gasteiger charge is -2.23. The molecule has 2 heterocycles. The molecule has 0 radical (unpaired) electrons. The Bertz CT molecular complexity index is 943. The number of hydrogen-bond donors (Lipinski definition) is 2. The van der Waals surface area contributed by atoms with E-state index < -0.39 is 12.1 Å². The fourth-order valence-corrected chi connectivity index (χ4v) is 2.82. The number of aromatic nitrogens is 3. The Kier molecular flexibility index (Phi) is 7.15. The minimum absolute atomic E-state index is 0.0764. The number of amides is 2. The Hall–Kier alpha value is -3.68. The predicted molar refractivity (Wildman–Crippen MR) is 113 cm³/mol. The molecule has 30 heavy (non-hydrogen) atoms. The van der Waals surface area contributed by atoms with Crippen LogP contribution >= 0.6 is 0 Å². The van der Waals surface area contributed by atoms with Crippen molar-refractivity contribution in [3.8, 4) is 5.82 Å². The Morgan fingerprint density at radius 2 is 1.97 bits per heavy atom. The van der Waals surface area contributed by atoms with Crippen LogP contribution in [0.5, 0.6) is 0 Å². The van der Waals surface area contributed by atoms with Gasteiger partial charge in [0.05, 0.1) is 11.9 Å². The van der Waals surface area contributed by atoms with Gasteiger partial charge in [0.2, 0.25) is 5.91 Å². The number of benzene rings is 1. The highest BCUT2D eigenvalue weighted by Crippen LogP contribution is 2.14. The molecule has 2 amide bonds. The number of nitrogens with zero attached hydrogens (tertiary/aromatic N) is 3. The summed E-state index contributed by atoms with van der Waals surface area (Å²) >= 11 is 0. The molecule has 0 aliphatic heterocycles. The molecule has 0 fully saturated rings. The van der Waals surface area contributed by atoms with E-state index in [9.17, 15) is 9.59 Å². The maximum atomic E-state index is 12.8. The number of pyridine rings is 1. The third-order valence-electron chi connectivity index (χ3n) is 4.77. The Balaban J connectivity index is 1.60. The summed E-state index contributed by atoms with van der Waals surface area (Å²) in [7, 11) is 0. The van der Waals surface area contributed by atoms with Gasteiger partial charge in [0, 0.05) is 12.4 Å². The van der Waals surface area contributed by atoms with Crippen molar-refractivity contribution in [2.24, 2.45) is 5.92 Å². The van der Waals surface area contributed by atoms with Gasteiger partial charge >= 0.3 is 6.09 Å². The maximum Gasteiger partial charge on any atom is 0.408 e. The number of carbonyl (C=O) groups excluding carboxylic acids is 2. The maximum absolute atomic E-state index is 12.8. The topological polar surface area (TPSA) is 98.1 Å². The van der Waals surface area contributed by atoms with Crippen LogP contribution in [-0.2, 0) is 16.1 Å². The summed E-state index contributed by atoms with van der Waals surface area (Å²) in [6, 6.07) is 12.2. The molecule has 8 nitrogen and oxygen atoms in total. The second-order valence-corrected chi connectivity index (χ2v) is 6.93. The van der Waals surface area contributed by atoms with E-state index in [1.165, 1.54) is 0 Å². The summed E-state index contributed by atoms with van der Waals surface area (Å²) in [6.45, 7) is 4.01. The Labute approximate surface area is 175 Å². The van der Waals surface area contributed by atoms with Crippen LogP contribution in [-0.4, -0.2) is 32.6 Å². The molecular weight excluding hydrogens is 382 g/mol. The fraction of sp³-hybridized carbons (Fsp3) is 0.273. The molecule has 0 saturated carbocycles. The zero-order valence-corrected chi connectivity index (χ0v) is 17.0. The average molecular weight is 407 g/mol. The van der Waals surface area contributed by atoms with E-state index in [1.54, 1.807) is 41.6 Å². The lowest BCUT2D eigenvalue weighted by atomic mass is 9.98. The molecule has 0 aliphatic carbocycles. The minimum atomic E-state index is -0.730. The largest absolute Gasteiger partial charge is 0.445 e. The highest BCUT2D eigenvalue weighted by atomic mass is 16.5. The number of carbonyl (C=O) groups is 2. The van der Waals surface area contributed by atoms with Crippen molar-refractivity contribution in [1.82, 2.24) is 19.9 Å². The van der Waals surface area contributed by atoms with Gasteiger partial charge in [-0.1, -0.05) is 50.6 Å². The first-order valence-corrected chi connectivity index (χ1v) is 9.79. The summed E-state index contributed by atoms with van der Waals surface area (Å²) < 4.78 is 7.02. The van der Waals surface area contributed by atoms with E-state index in [1.807, 2.05) is 44.2 Å². The van der Waals surface area contributed by atoms with Crippen LogP contribution < -0.4 is 10.6 Å². The van der Waals surface area contributed by atoms with E-state index in [0.29, 0.717) is 11.5 Å². The highest BCUT2D eigenvalue weighted by molar-refractivity contribution is 5.96. The first kappa shape index (κ1) is 21.0. The van der Waals surface area contributed by atoms with Gasteiger partial charge in [-0.25, -0.2) is 14.8 Å². The minimum Gasteiger partial charge on any atom is -0.445 e. The average Bonchev–Trinajstić information content (AvgIpc) is 3.31. The summed E-state index contributed by atoms with van der Waals surface area (Å²) in [6.07, 6.45) is 6.74. The monoisotopic (exact) mass is 407 g/mol. The predicted octanol–water partition coefficient (Wildman–Crippen LogP) is 3.55. The third-order valence-corrected chi connectivity index (χ3v) is 4.77. The number of alkyl carbamates (subject to hydrolysis) is 1. The first-order valence-electron chi connectivity index (χ1n) is 9.79.